The molecule has 0 heterocycles. The van der Waals surface area contributed by atoms with Gasteiger partial charge in [0.05, 0.1) is 20.8 Å². The average Bonchev–Trinajstić information content (AvgIpc) is 2.99. The van der Waals surface area contributed by atoms with Gasteiger partial charge in [0.1, 0.15) is 0 Å². The molecule has 34 heavy (non-hydrogen) atoms. The predicted octanol–water partition coefficient (Wildman–Crippen LogP) is 3.91. The van der Waals surface area contributed by atoms with Crippen molar-refractivity contribution in [1.29, 1.82) is 0 Å². The highest BCUT2D eigenvalue weighted by Crippen LogP contribution is 2.53. The number of amides is 1. The minimum Gasteiger partial charge on any atom is -0.389 e. The van der Waals surface area contributed by atoms with Crippen LogP contribution in [0.25, 0.3) is 0 Å². The molecular formula is C23H24ClF3N2O4S. The van der Waals surface area contributed by atoms with E-state index in [0.717, 1.165) is 6.07 Å². The molecule has 0 aromatic heterocycles. The van der Waals surface area contributed by atoms with E-state index in [0.29, 0.717) is 18.6 Å². The van der Waals surface area contributed by atoms with E-state index < -0.39 is 44.0 Å². The monoisotopic (exact) mass is 516 g/mol. The molecule has 4 N–H and O–H groups in total. The van der Waals surface area contributed by atoms with Gasteiger partial charge in [-0.15, -0.1) is 0 Å². The van der Waals surface area contributed by atoms with Crippen molar-refractivity contribution in [3.05, 3.63) is 58.4 Å². The molecule has 5 atom stereocenters. The largest absolute Gasteiger partial charge is 0.389 e. The maximum Gasteiger partial charge on any atom is 0.255 e. The second-order valence-corrected chi connectivity index (χ2v) is 11.8. The van der Waals surface area contributed by atoms with Gasteiger partial charge in [0, 0.05) is 29.9 Å². The van der Waals surface area contributed by atoms with Crippen LogP contribution in [0.3, 0.4) is 0 Å². The summed E-state index contributed by atoms with van der Waals surface area (Å²) in [5, 5.41) is 12.1. The van der Waals surface area contributed by atoms with Crippen LogP contribution in [-0.2, 0) is 9.84 Å². The molecule has 6 nitrogen and oxygen atoms in total. The fourth-order valence-corrected chi connectivity index (χ4v) is 8.38. The van der Waals surface area contributed by atoms with E-state index in [1.165, 1.54) is 12.1 Å². The molecule has 2 aliphatic carbocycles. The van der Waals surface area contributed by atoms with Crippen LogP contribution >= 0.6 is 11.6 Å². The van der Waals surface area contributed by atoms with Crippen molar-refractivity contribution >= 4 is 33.0 Å². The lowest BCUT2D eigenvalue weighted by molar-refractivity contribution is -0.0130. The molecule has 2 saturated carbocycles. The summed E-state index contributed by atoms with van der Waals surface area (Å²) in [6.45, 7) is 1.99. The number of hydrogen-bond donors (Lipinski definition) is 3. The standard InChI is InChI=1S/C23H24ClF3N2O4S/c1-11-4-13-8-23(31,10-28)9-15(11)21(13)34(32,33)19-5-12(2-3-16(19)24)22(30)29-14-6-17(25)20(27)18(26)7-14/h2-3,5-7,11,13,15,21,31H,4,8-10,28H2,1H3,(H,29,30)/t11-,13-,15?,21?,23-/m0/s1. The molecule has 184 valence electrons. The first-order valence-corrected chi connectivity index (χ1v) is 12.7. The van der Waals surface area contributed by atoms with Crippen molar-refractivity contribution < 1.29 is 31.5 Å². The Bertz CT molecular complexity index is 1240. The van der Waals surface area contributed by atoms with E-state index >= 15 is 0 Å². The molecule has 2 bridgehead atoms. The number of carbonyl (C=O) groups excluding carboxylic acids is 1. The lowest BCUT2D eigenvalue weighted by atomic mass is 9.76. The van der Waals surface area contributed by atoms with E-state index in [2.05, 4.69) is 5.32 Å². The zero-order valence-electron chi connectivity index (χ0n) is 18.2. The molecule has 0 spiro atoms. The van der Waals surface area contributed by atoms with Crippen LogP contribution in [0.2, 0.25) is 5.02 Å². The summed E-state index contributed by atoms with van der Waals surface area (Å²) in [7, 11) is -4.00. The number of benzene rings is 2. The van der Waals surface area contributed by atoms with Gasteiger partial charge in [-0.05, 0) is 55.2 Å². The maximum absolute atomic E-state index is 13.7. The Balaban J connectivity index is 1.65. The number of nitrogens with one attached hydrogen (secondary N) is 1. The summed E-state index contributed by atoms with van der Waals surface area (Å²) in [6, 6.07) is 4.89. The second-order valence-electron chi connectivity index (χ2n) is 9.34. The lowest BCUT2D eigenvalue weighted by Crippen LogP contribution is -2.50. The fraction of sp³-hybridized carbons (Fsp3) is 0.435. The van der Waals surface area contributed by atoms with Crippen molar-refractivity contribution in [2.75, 3.05) is 11.9 Å². The van der Waals surface area contributed by atoms with E-state index in [1.807, 2.05) is 6.92 Å². The van der Waals surface area contributed by atoms with Gasteiger partial charge in [-0.1, -0.05) is 18.5 Å². The molecular weight excluding hydrogens is 493 g/mol. The third-order valence-electron chi connectivity index (χ3n) is 7.03. The molecule has 2 unspecified atom stereocenters. The van der Waals surface area contributed by atoms with Crippen LogP contribution in [0.4, 0.5) is 18.9 Å². The average molecular weight is 517 g/mol. The number of sulfone groups is 1. The first-order chi connectivity index (χ1) is 15.9. The molecule has 1 amide bonds. The number of aliphatic hydroxyl groups is 1. The van der Waals surface area contributed by atoms with E-state index in [1.54, 1.807) is 0 Å². The maximum atomic E-state index is 13.7. The molecule has 2 aromatic carbocycles. The van der Waals surface area contributed by atoms with Crippen LogP contribution in [0.15, 0.2) is 35.2 Å². The van der Waals surface area contributed by atoms with Crippen molar-refractivity contribution in [1.82, 2.24) is 0 Å². The number of nitrogens with two attached hydrogens (primary N) is 1. The second kappa shape index (κ2) is 8.82. The van der Waals surface area contributed by atoms with Gasteiger partial charge in [0.25, 0.3) is 5.91 Å². The minimum absolute atomic E-state index is 0.0421. The Morgan fingerprint density at radius 1 is 1.21 bits per heavy atom. The molecule has 0 saturated heterocycles. The van der Waals surface area contributed by atoms with Gasteiger partial charge < -0.3 is 16.2 Å². The Kier molecular flexibility index (Phi) is 6.48. The molecule has 4 rings (SSSR count). The quantitative estimate of drug-likeness (QED) is 0.522. The topological polar surface area (TPSA) is 109 Å². The van der Waals surface area contributed by atoms with Crippen LogP contribution in [0.1, 0.15) is 36.5 Å². The normalized spacial score (nSPS) is 28.7. The molecule has 0 aliphatic heterocycles. The molecule has 11 heteroatoms. The van der Waals surface area contributed by atoms with Crippen LogP contribution in [0.5, 0.6) is 0 Å². The van der Waals surface area contributed by atoms with Gasteiger partial charge in [-0.25, -0.2) is 21.6 Å². The number of rotatable bonds is 5. The smallest absolute Gasteiger partial charge is 0.255 e. The third kappa shape index (κ3) is 4.32. The Morgan fingerprint density at radius 2 is 1.85 bits per heavy atom. The zero-order valence-corrected chi connectivity index (χ0v) is 19.8. The Labute approximate surface area is 200 Å². The van der Waals surface area contributed by atoms with Crippen LogP contribution < -0.4 is 11.1 Å². The summed E-state index contributed by atoms with van der Waals surface area (Å²) in [6.07, 6.45) is 1.13. The minimum atomic E-state index is -4.00. The van der Waals surface area contributed by atoms with Crippen molar-refractivity contribution in [2.45, 2.75) is 41.9 Å². The van der Waals surface area contributed by atoms with Crippen molar-refractivity contribution in [3.8, 4) is 0 Å². The lowest BCUT2D eigenvalue weighted by Gasteiger charge is -2.40. The predicted molar refractivity (Wildman–Crippen MR) is 121 cm³/mol. The number of halogens is 4. The van der Waals surface area contributed by atoms with Crippen LogP contribution in [-0.4, -0.2) is 36.8 Å². The highest BCUT2D eigenvalue weighted by molar-refractivity contribution is 7.92. The highest BCUT2D eigenvalue weighted by Gasteiger charge is 2.56. The molecule has 2 aliphatic rings. The summed E-state index contributed by atoms with van der Waals surface area (Å²) >= 11 is 6.24. The van der Waals surface area contributed by atoms with Gasteiger partial charge in [-0.3, -0.25) is 4.79 Å². The van der Waals surface area contributed by atoms with E-state index in [4.69, 9.17) is 17.3 Å². The van der Waals surface area contributed by atoms with Gasteiger partial charge in [0.2, 0.25) is 0 Å². The number of carbonyl (C=O) groups is 1. The van der Waals surface area contributed by atoms with Crippen molar-refractivity contribution in [2.24, 2.45) is 23.5 Å². The molecule has 2 aromatic rings. The number of fused-ring (bicyclic) bond motifs is 2. The zero-order chi connectivity index (χ0) is 25.0. The summed E-state index contributed by atoms with van der Waals surface area (Å²) in [5.41, 5.74) is 4.18. The molecule has 0 radical (unpaired) electrons. The number of hydrogen-bond acceptors (Lipinski definition) is 5. The van der Waals surface area contributed by atoms with Gasteiger partial charge in [0.15, 0.2) is 27.3 Å². The SMILES string of the molecule is C[C@H]1C[C@H]2C[C@@](O)(CN)CC1C2S(=O)(=O)c1cc(C(=O)Nc2cc(F)c(F)c(F)c2)ccc1Cl. The van der Waals surface area contributed by atoms with E-state index in [9.17, 15) is 31.5 Å². The first-order valence-electron chi connectivity index (χ1n) is 10.8. The van der Waals surface area contributed by atoms with Gasteiger partial charge >= 0.3 is 0 Å². The fourth-order valence-electron chi connectivity index (χ4n) is 5.48. The number of anilines is 1. The summed E-state index contributed by atoms with van der Waals surface area (Å²) < 4.78 is 67.5. The highest BCUT2D eigenvalue weighted by atomic mass is 35.5. The Hall–Kier alpha value is -2.14. The van der Waals surface area contributed by atoms with Gasteiger partial charge in [-0.2, -0.15) is 0 Å². The summed E-state index contributed by atoms with van der Waals surface area (Å²) in [4.78, 5) is 12.4. The Morgan fingerprint density at radius 3 is 2.44 bits per heavy atom. The summed E-state index contributed by atoms with van der Waals surface area (Å²) in [5.74, 6) is -6.06. The first kappa shape index (κ1) is 25.0. The van der Waals surface area contributed by atoms with Crippen LogP contribution in [0, 0.1) is 35.2 Å². The molecule has 2 fully saturated rings. The van der Waals surface area contributed by atoms with Crippen molar-refractivity contribution in [3.63, 3.8) is 0 Å². The third-order valence-corrected chi connectivity index (χ3v) is 9.87. The van der Waals surface area contributed by atoms with E-state index in [-0.39, 0.29) is 58.3 Å².